The third-order valence-electron chi connectivity index (χ3n) is 5.45. The molecule has 0 unspecified atom stereocenters. The molecule has 0 aliphatic carbocycles. The van der Waals surface area contributed by atoms with E-state index in [0.717, 1.165) is 26.7 Å². The summed E-state index contributed by atoms with van der Waals surface area (Å²) in [5.41, 5.74) is 5.77. The van der Waals surface area contributed by atoms with Crippen LogP contribution in [-0.2, 0) is 22.0 Å². The Hall–Kier alpha value is -2.54. The highest BCUT2D eigenvalue weighted by Crippen LogP contribution is 2.40. The summed E-state index contributed by atoms with van der Waals surface area (Å²) in [6.45, 7) is 17.3. The van der Waals surface area contributed by atoms with Crippen LogP contribution >= 0.6 is 15.9 Å². The maximum atomic E-state index is 12.5. The van der Waals surface area contributed by atoms with Gasteiger partial charge >= 0.3 is 0 Å². The number of hydrogen-bond acceptors (Lipinski definition) is 5. The molecule has 2 rings (SSSR count). The van der Waals surface area contributed by atoms with Crippen molar-refractivity contribution in [2.45, 2.75) is 79.1 Å². The summed E-state index contributed by atoms with van der Waals surface area (Å²) in [5, 5.41) is 15.0. The van der Waals surface area contributed by atoms with E-state index in [1.165, 1.54) is 0 Å². The number of carbonyl (C=O) groups excluding carboxylic acids is 1. The fourth-order valence-electron chi connectivity index (χ4n) is 3.68. The number of hydrogen-bond donors (Lipinski definition) is 2. The van der Waals surface area contributed by atoms with Crippen molar-refractivity contribution in [3.05, 3.63) is 51.0 Å². The second-order valence-electron chi connectivity index (χ2n) is 10.5. The number of nitrogens with one attached hydrogen (secondary N) is 1. The predicted molar refractivity (Wildman–Crippen MR) is 146 cm³/mol. The quantitative estimate of drug-likeness (QED) is 0.273. The van der Waals surface area contributed by atoms with Crippen LogP contribution in [0.1, 0.15) is 84.1 Å². The van der Waals surface area contributed by atoms with Gasteiger partial charge in [-0.05, 0) is 81.4 Å². The number of aromatic hydroxyl groups is 1. The largest absolute Gasteiger partial charge is 0.507 e. The number of ether oxygens (including phenoxy) is 2. The standard InChI is InChI=1S/C28H39BrN2O4/c1-9-34-23-16-19(15-22(29)26(23)35-10-2)17-30-31-24(32)12-11-18-13-20(27(3,4)5)25(33)21(14-18)28(6,7)8/h13-17,33H,9-12H2,1-8H3,(H,31,32)/b30-17-. The number of rotatable bonds is 9. The van der Waals surface area contributed by atoms with Crippen molar-refractivity contribution >= 4 is 28.1 Å². The second-order valence-corrected chi connectivity index (χ2v) is 11.4. The highest BCUT2D eigenvalue weighted by molar-refractivity contribution is 9.10. The molecule has 192 valence electrons. The molecule has 1 amide bonds. The molecule has 0 saturated carbocycles. The molecule has 0 radical (unpaired) electrons. The molecule has 0 saturated heterocycles. The zero-order valence-electron chi connectivity index (χ0n) is 22.2. The van der Waals surface area contributed by atoms with Gasteiger partial charge in [0, 0.05) is 6.42 Å². The molecule has 0 aliphatic rings. The average molecular weight is 548 g/mol. The Labute approximate surface area is 218 Å². The van der Waals surface area contributed by atoms with E-state index in [2.05, 4.69) is 68.0 Å². The number of halogens is 1. The van der Waals surface area contributed by atoms with Crippen LogP contribution in [0.4, 0.5) is 0 Å². The van der Waals surface area contributed by atoms with Crippen molar-refractivity contribution in [3.8, 4) is 17.2 Å². The molecule has 0 atom stereocenters. The topological polar surface area (TPSA) is 80.2 Å². The summed E-state index contributed by atoms with van der Waals surface area (Å²) in [6.07, 6.45) is 2.42. The number of phenolic OH excluding ortho intramolecular Hbond substituents is 1. The van der Waals surface area contributed by atoms with Crippen LogP contribution in [0.3, 0.4) is 0 Å². The number of hydrazone groups is 1. The molecule has 2 aromatic rings. The van der Waals surface area contributed by atoms with Gasteiger partial charge in [-0.1, -0.05) is 53.7 Å². The fraction of sp³-hybridized carbons (Fsp3) is 0.500. The summed E-state index contributed by atoms with van der Waals surface area (Å²) in [5.74, 6) is 1.43. The van der Waals surface area contributed by atoms with E-state index in [4.69, 9.17) is 9.47 Å². The van der Waals surface area contributed by atoms with Crippen LogP contribution in [0.5, 0.6) is 17.2 Å². The van der Waals surface area contributed by atoms with Gasteiger partial charge in [0.15, 0.2) is 11.5 Å². The van der Waals surface area contributed by atoms with Crippen molar-refractivity contribution in [2.75, 3.05) is 13.2 Å². The van der Waals surface area contributed by atoms with Crippen LogP contribution < -0.4 is 14.9 Å². The number of nitrogens with zero attached hydrogens (tertiary/aromatic N) is 1. The molecular formula is C28H39BrN2O4. The van der Waals surface area contributed by atoms with Crippen LogP contribution in [0.25, 0.3) is 0 Å². The summed E-state index contributed by atoms with van der Waals surface area (Å²) in [7, 11) is 0. The van der Waals surface area contributed by atoms with Gasteiger partial charge in [-0.2, -0.15) is 5.10 Å². The Bertz CT molecular complexity index is 1030. The van der Waals surface area contributed by atoms with Gasteiger partial charge in [0.1, 0.15) is 5.75 Å². The van der Waals surface area contributed by atoms with E-state index < -0.39 is 0 Å². The van der Waals surface area contributed by atoms with Crippen LogP contribution in [0.15, 0.2) is 33.8 Å². The minimum absolute atomic E-state index is 0.182. The van der Waals surface area contributed by atoms with Crippen LogP contribution in [0.2, 0.25) is 0 Å². The number of benzene rings is 2. The normalized spacial score (nSPS) is 12.1. The SMILES string of the molecule is CCOc1cc(/C=N\NC(=O)CCc2cc(C(C)(C)C)c(O)c(C(C)(C)C)c2)cc(Br)c1OCC. The Balaban J connectivity index is 2.12. The fourth-order valence-corrected chi connectivity index (χ4v) is 4.26. The minimum Gasteiger partial charge on any atom is -0.507 e. The Kier molecular flexibility index (Phi) is 9.78. The molecular weight excluding hydrogens is 508 g/mol. The van der Waals surface area contributed by atoms with E-state index in [9.17, 15) is 9.90 Å². The van der Waals surface area contributed by atoms with Gasteiger partial charge in [-0.15, -0.1) is 0 Å². The molecule has 0 bridgehead atoms. The van der Waals surface area contributed by atoms with Gasteiger partial charge < -0.3 is 14.6 Å². The molecule has 2 N–H and O–H groups in total. The second kappa shape index (κ2) is 11.9. The van der Waals surface area contributed by atoms with Crippen molar-refractivity contribution in [1.82, 2.24) is 5.43 Å². The zero-order chi connectivity index (χ0) is 26.4. The lowest BCUT2D eigenvalue weighted by molar-refractivity contribution is -0.121. The summed E-state index contributed by atoms with van der Waals surface area (Å²) in [4.78, 5) is 12.5. The van der Waals surface area contributed by atoms with E-state index in [1.807, 2.05) is 38.1 Å². The third kappa shape index (κ3) is 7.99. The van der Waals surface area contributed by atoms with Crippen molar-refractivity contribution in [1.29, 1.82) is 0 Å². The molecule has 2 aromatic carbocycles. The molecule has 0 fully saturated rings. The highest BCUT2D eigenvalue weighted by atomic mass is 79.9. The lowest BCUT2D eigenvalue weighted by atomic mass is 9.78. The molecule has 35 heavy (non-hydrogen) atoms. The molecule has 7 heteroatoms. The van der Waals surface area contributed by atoms with Gasteiger partial charge in [0.05, 0.1) is 23.9 Å². The smallest absolute Gasteiger partial charge is 0.240 e. The maximum Gasteiger partial charge on any atom is 0.240 e. The van der Waals surface area contributed by atoms with Crippen molar-refractivity contribution in [2.24, 2.45) is 5.10 Å². The van der Waals surface area contributed by atoms with Crippen molar-refractivity contribution in [3.63, 3.8) is 0 Å². The lowest BCUT2D eigenvalue weighted by Gasteiger charge is -2.28. The van der Waals surface area contributed by atoms with Gasteiger partial charge in [-0.3, -0.25) is 4.79 Å². The Morgan fingerprint density at radius 2 is 1.57 bits per heavy atom. The number of phenols is 1. The first-order valence-corrected chi connectivity index (χ1v) is 12.8. The van der Waals surface area contributed by atoms with Crippen LogP contribution in [-0.4, -0.2) is 30.4 Å². The van der Waals surface area contributed by atoms with Gasteiger partial charge in [0.2, 0.25) is 5.91 Å². The van der Waals surface area contributed by atoms with E-state index >= 15 is 0 Å². The molecule has 0 aromatic heterocycles. The first-order chi connectivity index (χ1) is 16.3. The molecule has 0 heterocycles. The van der Waals surface area contributed by atoms with Gasteiger partial charge in [0.25, 0.3) is 0 Å². The highest BCUT2D eigenvalue weighted by Gasteiger charge is 2.26. The number of carbonyl (C=O) groups is 1. The first kappa shape index (κ1) is 28.7. The zero-order valence-corrected chi connectivity index (χ0v) is 23.8. The summed E-state index contributed by atoms with van der Waals surface area (Å²) < 4.78 is 12.1. The maximum absolute atomic E-state index is 12.5. The van der Waals surface area contributed by atoms with E-state index in [1.54, 1.807) is 6.21 Å². The molecule has 0 aliphatic heterocycles. The Morgan fingerprint density at radius 3 is 2.09 bits per heavy atom. The third-order valence-corrected chi connectivity index (χ3v) is 6.04. The first-order valence-electron chi connectivity index (χ1n) is 12.1. The summed E-state index contributed by atoms with van der Waals surface area (Å²) >= 11 is 3.51. The summed E-state index contributed by atoms with van der Waals surface area (Å²) in [6, 6.07) is 7.71. The molecule has 0 spiro atoms. The van der Waals surface area contributed by atoms with E-state index in [-0.39, 0.29) is 23.2 Å². The lowest BCUT2D eigenvalue weighted by Crippen LogP contribution is -2.20. The average Bonchev–Trinajstić information content (AvgIpc) is 2.74. The van der Waals surface area contributed by atoms with Crippen LogP contribution in [0, 0.1) is 0 Å². The number of amides is 1. The minimum atomic E-state index is -0.209. The monoisotopic (exact) mass is 546 g/mol. The van der Waals surface area contributed by atoms with Crippen molar-refractivity contribution < 1.29 is 19.4 Å². The molecule has 6 nitrogen and oxygen atoms in total. The number of aryl methyl sites for hydroxylation is 1. The Morgan fingerprint density at radius 1 is 1.00 bits per heavy atom. The van der Waals surface area contributed by atoms with E-state index in [0.29, 0.717) is 36.9 Å². The van der Waals surface area contributed by atoms with Gasteiger partial charge in [-0.25, -0.2) is 5.43 Å². The predicted octanol–water partition coefficient (Wildman–Crippen LogP) is 6.63.